The van der Waals surface area contributed by atoms with Crippen molar-refractivity contribution < 1.29 is 0 Å². The molecule has 2 heteroatoms. The lowest BCUT2D eigenvalue weighted by atomic mass is 10.1. The summed E-state index contributed by atoms with van der Waals surface area (Å²) < 4.78 is 0. The van der Waals surface area contributed by atoms with Gasteiger partial charge in [0, 0.05) is 23.3 Å². The Morgan fingerprint density at radius 3 is 3.00 bits per heavy atom. The summed E-state index contributed by atoms with van der Waals surface area (Å²) in [4.78, 5) is 4.76. The molecule has 1 aromatic carbocycles. The van der Waals surface area contributed by atoms with Crippen molar-refractivity contribution in [2.24, 2.45) is 0 Å². The van der Waals surface area contributed by atoms with Gasteiger partial charge in [0.15, 0.2) is 0 Å². The predicted molar refractivity (Wildman–Crippen MR) is 67.9 cm³/mol. The zero-order valence-electron chi connectivity index (χ0n) is 9.59. The molecule has 0 radical (unpaired) electrons. The Labute approximate surface area is 95.7 Å². The largest absolute Gasteiger partial charge is 0.384 e. The lowest BCUT2D eigenvalue weighted by Gasteiger charge is -2.13. The molecule has 0 fully saturated rings. The van der Waals surface area contributed by atoms with Gasteiger partial charge in [0.2, 0.25) is 0 Å². The molecule has 2 nitrogen and oxygen atoms in total. The lowest BCUT2D eigenvalue weighted by molar-refractivity contribution is 0.901. The van der Waals surface area contributed by atoms with E-state index >= 15 is 0 Å². The molecule has 0 saturated carbocycles. The number of para-hydroxylation sites is 1. The minimum atomic E-state index is 0.973. The molecule has 0 spiro atoms. The summed E-state index contributed by atoms with van der Waals surface area (Å²) in [5, 5.41) is 4.78. The van der Waals surface area contributed by atoms with Crippen molar-refractivity contribution in [3.05, 3.63) is 35.5 Å². The zero-order chi connectivity index (χ0) is 11.0. The summed E-state index contributed by atoms with van der Waals surface area (Å²) >= 11 is 0. The number of hydrogen-bond donors (Lipinski definition) is 1. The van der Waals surface area contributed by atoms with Crippen molar-refractivity contribution in [1.29, 1.82) is 0 Å². The first-order valence-electron chi connectivity index (χ1n) is 6.04. The third-order valence-electron chi connectivity index (χ3n) is 3.27. The van der Waals surface area contributed by atoms with Gasteiger partial charge in [-0.05, 0) is 37.8 Å². The smallest absolute Gasteiger partial charge is 0.0726 e. The zero-order valence-corrected chi connectivity index (χ0v) is 9.59. The summed E-state index contributed by atoms with van der Waals surface area (Å²) in [7, 11) is 0. The first-order chi connectivity index (χ1) is 7.90. The monoisotopic (exact) mass is 212 g/mol. The van der Waals surface area contributed by atoms with Crippen LogP contribution in [-0.4, -0.2) is 11.5 Å². The van der Waals surface area contributed by atoms with Gasteiger partial charge < -0.3 is 5.32 Å². The minimum absolute atomic E-state index is 0.973. The van der Waals surface area contributed by atoms with E-state index in [1.54, 1.807) is 0 Å². The quantitative estimate of drug-likeness (QED) is 0.827. The number of benzene rings is 1. The number of hydrogen-bond acceptors (Lipinski definition) is 2. The fraction of sp³-hybridized carbons (Fsp3) is 0.357. The van der Waals surface area contributed by atoms with E-state index in [-0.39, 0.29) is 0 Å². The van der Waals surface area contributed by atoms with Crippen molar-refractivity contribution in [2.45, 2.75) is 26.2 Å². The van der Waals surface area contributed by atoms with Crippen LogP contribution >= 0.6 is 0 Å². The van der Waals surface area contributed by atoms with Gasteiger partial charge in [-0.3, -0.25) is 4.98 Å². The Morgan fingerprint density at radius 1 is 1.25 bits per heavy atom. The van der Waals surface area contributed by atoms with Crippen LogP contribution in [0, 0.1) is 0 Å². The van der Waals surface area contributed by atoms with Gasteiger partial charge >= 0.3 is 0 Å². The van der Waals surface area contributed by atoms with Crippen LogP contribution in [0.3, 0.4) is 0 Å². The Bertz CT molecular complexity index is 531. The van der Waals surface area contributed by atoms with E-state index in [1.165, 1.54) is 35.2 Å². The molecule has 1 aliphatic rings. The molecule has 0 unspecified atom stereocenters. The van der Waals surface area contributed by atoms with Crippen LogP contribution in [0.5, 0.6) is 0 Å². The first-order valence-corrected chi connectivity index (χ1v) is 6.04. The maximum atomic E-state index is 4.76. The van der Waals surface area contributed by atoms with Crippen molar-refractivity contribution in [3.63, 3.8) is 0 Å². The SMILES string of the molecule is CCNc1c2c(nc3ccccc13)CCC2. The highest BCUT2D eigenvalue weighted by atomic mass is 14.9. The summed E-state index contributed by atoms with van der Waals surface area (Å²) in [5.41, 5.74) is 5.19. The van der Waals surface area contributed by atoms with Gasteiger partial charge in [0.05, 0.1) is 5.52 Å². The molecule has 0 atom stereocenters. The topological polar surface area (TPSA) is 24.9 Å². The van der Waals surface area contributed by atoms with Crippen LogP contribution in [0.15, 0.2) is 24.3 Å². The van der Waals surface area contributed by atoms with Crippen molar-refractivity contribution in [3.8, 4) is 0 Å². The molecule has 2 aromatic rings. The van der Waals surface area contributed by atoms with E-state index in [0.717, 1.165) is 18.5 Å². The molecule has 1 aliphatic carbocycles. The predicted octanol–water partition coefficient (Wildman–Crippen LogP) is 3.16. The fourth-order valence-electron chi connectivity index (χ4n) is 2.59. The van der Waals surface area contributed by atoms with Gasteiger partial charge in [0.1, 0.15) is 0 Å². The normalized spacial score (nSPS) is 14.1. The molecule has 3 rings (SSSR count). The Kier molecular flexibility index (Phi) is 2.28. The molecule has 0 amide bonds. The molecule has 16 heavy (non-hydrogen) atoms. The van der Waals surface area contributed by atoms with Gasteiger partial charge in [-0.15, -0.1) is 0 Å². The number of pyridine rings is 1. The van der Waals surface area contributed by atoms with E-state index in [1.807, 2.05) is 0 Å². The maximum Gasteiger partial charge on any atom is 0.0726 e. The van der Waals surface area contributed by atoms with E-state index < -0.39 is 0 Å². The molecule has 0 saturated heterocycles. The summed E-state index contributed by atoms with van der Waals surface area (Å²) in [6.45, 7) is 3.12. The Balaban J connectivity index is 2.32. The standard InChI is InChI=1S/C14H16N2/c1-2-15-14-10-6-3-4-8-12(10)16-13-9-5-7-11(13)14/h3-4,6,8H,2,5,7,9H2,1H3,(H,15,16). The van der Waals surface area contributed by atoms with E-state index in [4.69, 9.17) is 4.98 Å². The second-order valence-electron chi connectivity index (χ2n) is 4.31. The Morgan fingerprint density at radius 2 is 2.12 bits per heavy atom. The van der Waals surface area contributed by atoms with E-state index in [9.17, 15) is 0 Å². The molecular weight excluding hydrogens is 196 g/mol. The molecule has 0 aliphatic heterocycles. The van der Waals surface area contributed by atoms with Gasteiger partial charge in [-0.1, -0.05) is 18.2 Å². The van der Waals surface area contributed by atoms with Gasteiger partial charge in [0.25, 0.3) is 0 Å². The fourth-order valence-corrected chi connectivity index (χ4v) is 2.59. The summed E-state index contributed by atoms with van der Waals surface area (Å²) in [6, 6.07) is 8.42. The molecule has 0 bridgehead atoms. The average Bonchev–Trinajstić information content (AvgIpc) is 2.77. The van der Waals surface area contributed by atoms with Crippen LogP contribution in [0.25, 0.3) is 10.9 Å². The minimum Gasteiger partial charge on any atom is -0.384 e. The summed E-state index contributed by atoms with van der Waals surface area (Å²) in [5.74, 6) is 0. The number of fused-ring (bicyclic) bond motifs is 2. The number of aromatic nitrogens is 1. The summed E-state index contributed by atoms with van der Waals surface area (Å²) in [6.07, 6.45) is 3.56. The van der Waals surface area contributed by atoms with Crippen molar-refractivity contribution in [1.82, 2.24) is 4.98 Å². The highest BCUT2D eigenvalue weighted by Gasteiger charge is 2.18. The molecule has 1 aromatic heterocycles. The second-order valence-corrected chi connectivity index (χ2v) is 4.31. The number of aryl methyl sites for hydroxylation is 1. The second kappa shape index (κ2) is 3.78. The van der Waals surface area contributed by atoms with E-state index in [0.29, 0.717) is 0 Å². The van der Waals surface area contributed by atoms with Crippen LogP contribution in [0.4, 0.5) is 5.69 Å². The first kappa shape index (κ1) is 9.64. The molecule has 1 N–H and O–H groups in total. The number of anilines is 1. The van der Waals surface area contributed by atoms with E-state index in [2.05, 4.69) is 36.5 Å². The third kappa shape index (κ3) is 1.37. The van der Waals surface area contributed by atoms with Crippen LogP contribution in [0.1, 0.15) is 24.6 Å². The van der Waals surface area contributed by atoms with Gasteiger partial charge in [-0.25, -0.2) is 0 Å². The van der Waals surface area contributed by atoms with Crippen LogP contribution in [-0.2, 0) is 12.8 Å². The molecular formula is C14H16N2. The number of nitrogens with zero attached hydrogens (tertiary/aromatic N) is 1. The lowest BCUT2D eigenvalue weighted by Crippen LogP contribution is -2.03. The highest BCUT2D eigenvalue weighted by Crippen LogP contribution is 2.33. The van der Waals surface area contributed by atoms with Crippen molar-refractivity contribution >= 4 is 16.6 Å². The van der Waals surface area contributed by atoms with Gasteiger partial charge in [-0.2, -0.15) is 0 Å². The highest BCUT2D eigenvalue weighted by molar-refractivity contribution is 5.93. The average molecular weight is 212 g/mol. The molecule has 82 valence electrons. The van der Waals surface area contributed by atoms with Crippen LogP contribution in [0.2, 0.25) is 0 Å². The number of rotatable bonds is 2. The maximum absolute atomic E-state index is 4.76. The third-order valence-corrected chi connectivity index (χ3v) is 3.27. The number of nitrogens with one attached hydrogen (secondary N) is 1. The van der Waals surface area contributed by atoms with Crippen molar-refractivity contribution in [2.75, 3.05) is 11.9 Å². The van der Waals surface area contributed by atoms with Crippen LogP contribution < -0.4 is 5.32 Å². The Hall–Kier alpha value is -1.57. The molecule has 1 heterocycles.